The van der Waals surface area contributed by atoms with Gasteiger partial charge in [-0.05, 0) is 53.1 Å². The quantitative estimate of drug-likeness (QED) is 0.388. The fourth-order valence-electron chi connectivity index (χ4n) is 3.20. The number of halogens is 2. The molecular weight excluding hydrogens is 403 g/mol. The molecule has 0 aliphatic rings. The number of aromatic nitrogens is 1. The Morgan fingerprint density at radius 2 is 1.45 bits per heavy atom. The summed E-state index contributed by atoms with van der Waals surface area (Å²) in [6, 6.07) is 24.9. The van der Waals surface area contributed by atoms with Crippen LogP contribution in [-0.2, 0) is 0 Å². The molecule has 1 heterocycles. The highest BCUT2D eigenvalue weighted by molar-refractivity contribution is 6.31. The predicted octanol–water partition coefficient (Wildman–Crippen LogP) is 6.34. The van der Waals surface area contributed by atoms with Gasteiger partial charge in [0.15, 0.2) is 0 Å². The first-order chi connectivity index (χ1) is 14.1. The van der Waals surface area contributed by atoms with Crippen LogP contribution in [0.2, 0.25) is 10.0 Å². The van der Waals surface area contributed by atoms with Crippen molar-refractivity contribution in [3.63, 3.8) is 0 Å². The second-order valence-electron chi connectivity index (χ2n) is 6.61. The lowest BCUT2D eigenvalue weighted by atomic mass is 9.97. The maximum atomic E-state index is 12.6. The molecule has 3 nitrogen and oxygen atoms in total. The molecule has 0 aliphatic heterocycles. The molecule has 29 heavy (non-hydrogen) atoms. The largest absolute Gasteiger partial charge is 0.351 e. The van der Waals surface area contributed by atoms with Crippen LogP contribution in [0.3, 0.4) is 0 Å². The number of fused-ring (bicyclic) bond motifs is 1. The summed E-state index contributed by atoms with van der Waals surface area (Å²) in [6.45, 7) is 0.384. The average molecular weight is 421 g/mol. The lowest BCUT2D eigenvalue weighted by Crippen LogP contribution is -2.23. The molecule has 0 spiro atoms. The van der Waals surface area contributed by atoms with E-state index < -0.39 is 0 Å². The minimum atomic E-state index is -0.149. The minimum Gasteiger partial charge on any atom is -0.351 e. The zero-order chi connectivity index (χ0) is 20.2. The van der Waals surface area contributed by atoms with E-state index in [2.05, 4.69) is 10.3 Å². The molecular formula is C24H18Cl2N2O. The number of para-hydroxylation sites is 1. The van der Waals surface area contributed by atoms with E-state index in [1.165, 1.54) is 0 Å². The molecule has 0 radical (unpaired) electrons. The lowest BCUT2D eigenvalue weighted by Gasteiger charge is -2.10. The van der Waals surface area contributed by atoms with E-state index >= 15 is 0 Å². The van der Waals surface area contributed by atoms with Crippen molar-refractivity contribution in [2.75, 3.05) is 6.54 Å². The Hall–Kier alpha value is -3.01. The number of benzene rings is 3. The number of hydrogen-bond acceptors (Lipinski definition) is 1. The van der Waals surface area contributed by atoms with E-state index in [-0.39, 0.29) is 5.91 Å². The third-order valence-corrected chi connectivity index (χ3v) is 5.16. The number of hydrogen-bond donors (Lipinski definition) is 2. The third-order valence-electron chi connectivity index (χ3n) is 4.65. The second-order valence-corrected chi connectivity index (χ2v) is 7.48. The summed E-state index contributed by atoms with van der Waals surface area (Å²) >= 11 is 12.1. The van der Waals surface area contributed by atoms with Crippen LogP contribution in [0.4, 0.5) is 0 Å². The van der Waals surface area contributed by atoms with Gasteiger partial charge in [-0.1, -0.05) is 71.7 Å². The van der Waals surface area contributed by atoms with Gasteiger partial charge >= 0.3 is 0 Å². The molecule has 0 fully saturated rings. The average Bonchev–Trinajstić information content (AvgIpc) is 3.17. The molecule has 0 bridgehead atoms. The Labute approximate surface area is 179 Å². The van der Waals surface area contributed by atoms with E-state index in [0.29, 0.717) is 22.3 Å². The predicted molar refractivity (Wildman–Crippen MR) is 121 cm³/mol. The molecule has 144 valence electrons. The number of amides is 1. The summed E-state index contributed by atoms with van der Waals surface area (Å²) < 4.78 is 0. The summed E-state index contributed by atoms with van der Waals surface area (Å²) in [6.07, 6.45) is 1.99. The van der Waals surface area contributed by atoms with Crippen LogP contribution in [0.1, 0.15) is 21.6 Å². The first kappa shape index (κ1) is 19.3. The van der Waals surface area contributed by atoms with E-state index in [4.69, 9.17) is 23.2 Å². The van der Waals surface area contributed by atoms with Gasteiger partial charge in [0.05, 0.1) is 0 Å². The third kappa shape index (κ3) is 4.53. The second kappa shape index (κ2) is 8.56. The van der Waals surface area contributed by atoms with Crippen LogP contribution < -0.4 is 5.32 Å². The standard InChI is InChI=1S/C24H18Cl2N2O/c25-19-9-5-16(6-10-19)21(17-7-11-20(26)12-8-17)13-14-27-24(29)23-15-18-3-1-2-4-22(18)28-23/h1-13,15,28H,14H2,(H,27,29). The molecule has 0 aliphatic carbocycles. The van der Waals surface area contributed by atoms with Gasteiger partial charge in [-0.15, -0.1) is 0 Å². The normalized spacial score (nSPS) is 10.7. The summed E-state index contributed by atoms with van der Waals surface area (Å²) in [7, 11) is 0. The molecule has 1 aromatic heterocycles. The number of nitrogens with one attached hydrogen (secondary N) is 2. The van der Waals surface area contributed by atoms with Crippen molar-refractivity contribution in [1.29, 1.82) is 0 Å². The van der Waals surface area contributed by atoms with Crippen molar-refractivity contribution in [3.05, 3.63) is 112 Å². The molecule has 0 atom stereocenters. The van der Waals surface area contributed by atoms with Gasteiger partial charge in [-0.25, -0.2) is 0 Å². The summed E-state index contributed by atoms with van der Waals surface area (Å²) in [5.74, 6) is -0.149. The fraction of sp³-hybridized carbons (Fsp3) is 0.0417. The van der Waals surface area contributed by atoms with Gasteiger partial charge < -0.3 is 10.3 Å². The number of carbonyl (C=O) groups is 1. The van der Waals surface area contributed by atoms with Crippen LogP contribution in [-0.4, -0.2) is 17.4 Å². The van der Waals surface area contributed by atoms with Crippen molar-refractivity contribution in [2.24, 2.45) is 0 Å². The van der Waals surface area contributed by atoms with E-state index in [1.54, 1.807) is 0 Å². The Bertz CT molecular complexity index is 1100. The molecule has 2 N–H and O–H groups in total. The van der Waals surface area contributed by atoms with Crippen LogP contribution in [0, 0.1) is 0 Å². The molecule has 4 rings (SSSR count). The Balaban J connectivity index is 1.56. The van der Waals surface area contributed by atoms with Crippen molar-refractivity contribution in [3.8, 4) is 0 Å². The van der Waals surface area contributed by atoms with Gasteiger partial charge in [0, 0.05) is 27.5 Å². The Morgan fingerprint density at radius 1 is 0.862 bits per heavy atom. The monoisotopic (exact) mass is 420 g/mol. The maximum absolute atomic E-state index is 12.6. The summed E-state index contributed by atoms with van der Waals surface area (Å²) in [4.78, 5) is 15.7. The number of H-pyrrole nitrogens is 1. The van der Waals surface area contributed by atoms with Crippen molar-refractivity contribution >= 4 is 45.6 Å². The van der Waals surface area contributed by atoms with Gasteiger partial charge in [-0.2, -0.15) is 0 Å². The summed E-state index contributed by atoms with van der Waals surface area (Å²) in [5, 5.41) is 5.32. The topological polar surface area (TPSA) is 44.9 Å². The van der Waals surface area contributed by atoms with E-state index in [0.717, 1.165) is 27.6 Å². The molecule has 0 saturated carbocycles. The number of carbonyl (C=O) groups excluding carboxylic acids is 1. The van der Waals surface area contributed by atoms with Crippen LogP contribution in [0.25, 0.3) is 16.5 Å². The molecule has 4 aromatic rings. The molecule has 0 unspecified atom stereocenters. The van der Waals surface area contributed by atoms with Crippen molar-refractivity contribution < 1.29 is 4.79 Å². The molecule has 5 heteroatoms. The Kier molecular flexibility index (Phi) is 5.70. The highest BCUT2D eigenvalue weighted by atomic mass is 35.5. The van der Waals surface area contributed by atoms with Gasteiger partial charge in [0.25, 0.3) is 5.91 Å². The highest BCUT2D eigenvalue weighted by Gasteiger charge is 2.09. The van der Waals surface area contributed by atoms with Crippen LogP contribution in [0.5, 0.6) is 0 Å². The number of aromatic amines is 1. The SMILES string of the molecule is O=C(NCC=C(c1ccc(Cl)cc1)c1ccc(Cl)cc1)c1cc2ccccc2[nH]1. The highest BCUT2D eigenvalue weighted by Crippen LogP contribution is 2.26. The van der Waals surface area contributed by atoms with E-state index in [1.807, 2.05) is 84.9 Å². The Morgan fingerprint density at radius 3 is 2.03 bits per heavy atom. The van der Waals surface area contributed by atoms with Crippen molar-refractivity contribution in [1.82, 2.24) is 10.3 Å². The lowest BCUT2D eigenvalue weighted by molar-refractivity contribution is 0.0954. The van der Waals surface area contributed by atoms with Crippen molar-refractivity contribution in [2.45, 2.75) is 0 Å². The fourth-order valence-corrected chi connectivity index (χ4v) is 3.45. The van der Waals surface area contributed by atoms with Crippen LogP contribution >= 0.6 is 23.2 Å². The van der Waals surface area contributed by atoms with Gasteiger partial charge in [0.2, 0.25) is 0 Å². The molecule has 0 saturated heterocycles. The zero-order valence-corrected chi connectivity index (χ0v) is 17.0. The minimum absolute atomic E-state index is 0.149. The van der Waals surface area contributed by atoms with Crippen LogP contribution in [0.15, 0.2) is 84.9 Å². The van der Waals surface area contributed by atoms with E-state index in [9.17, 15) is 4.79 Å². The smallest absolute Gasteiger partial charge is 0.267 e. The first-order valence-corrected chi connectivity index (χ1v) is 9.94. The first-order valence-electron chi connectivity index (χ1n) is 9.18. The molecule has 3 aromatic carbocycles. The maximum Gasteiger partial charge on any atom is 0.267 e. The zero-order valence-electron chi connectivity index (χ0n) is 15.5. The summed E-state index contributed by atoms with van der Waals surface area (Å²) in [5.41, 5.74) is 4.50. The van der Waals surface area contributed by atoms with Gasteiger partial charge in [0.1, 0.15) is 5.69 Å². The molecule has 1 amide bonds. The number of rotatable bonds is 5. The van der Waals surface area contributed by atoms with Gasteiger partial charge in [-0.3, -0.25) is 4.79 Å².